The monoisotopic (exact) mass is 335 g/mol. The molecular weight excluding hydrogens is 318 g/mol. The number of hydrogen-bond donors (Lipinski definition) is 2. The number of rotatable bonds is 5. The number of aromatic nitrogens is 3. The minimum atomic E-state index is -0.143. The maximum atomic E-state index is 12.1. The molecule has 9 heteroatoms. The highest BCUT2D eigenvalue weighted by Gasteiger charge is 2.17. The van der Waals surface area contributed by atoms with Crippen molar-refractivity contribution in [2.24, 2.45) is 0 Å². The first-order valence-electron chi connectivity index (χ1n) is 7.03. The fourth-order valence-corrected chi connectivity index (χ4v) is 2.84. The number of nitrogens with two attached hydrogens (primary N) is 1. The van der Waals surface area contributed by atoms with Crippen LogP contribution in [0.15, 0.2) is 23.4 Å². The Morgan fingerprint density at radius 1 is 1.43 bits per heavy atom. The minimum Gasteiger partial charge on any atom is -0.454 e. The van der Waals surface area contributed by atoms with Crippen molar-refractivity contribution in [3.8, 4) is 11.5 Å². The van der Waals surface area contributed by atoms with Crippen LogP contribution in [0, 0.1) is 6.92 Å². The first kappa shape index (κ1) is 15.5. The highest BCUT2D eigenvalue weighted by molar-refractivity contribution is 7.99. The molecular formula is C14H17N5O3S. The Bertz CT molecular complexity index is 733. The van der Waals surface area contributed by atoms with E-state index in [-0.39, 0.29) is 24.5 Å². The molecule has 0 spiro atoms. The maximum Gasteiger partial charge on any atom is 0.231 e. The number of carbonyl (C=O) groups is 1. The third-order valence-corrected chi connectivity index (χ3v) is 4.38. The molecule has 0 bridgehead atoms. The number of benzene rings is 1. The summed E-state index contributed by atoms with van der Waals surface area (Å²) in [4.78, 5) is 12.1. The Balaban J connectivity index is 1.56. The van der Waals surface area contributed by atoms with Crippen LogP contribution in [0.2, 0.25) is 0 Å². The normalized spacial score (nSPS) is 13.8. The average Bonchev–Trinajstić information content (AvgIpc) is 3.12. The lowest BCUT2D eigenvalue weighted by Crippen LogP contribution is -2.28. The SMILES string of the molecule is Cc1nnc(SCC(=O)N[C@H](C)c2ccc3c(c2)OCO3)n1N. The zero-order valence-corrected chi connectivity index (χ0v) is 13.6. The summed E-state index contributed by atoms with van der Waals surface area (Å²) in [6.45, 7) is 3.89. The van der Waals surface area contributed by atoms with Gasteiger partial charge in [-0.25, -0.2) is 4.68 Å². The van der Waals surface area contributed by atoms with Crippen LogP contribution in [0.4, 0.5) is 0 Å². The van der Waals surface area contributed by atoms with E-state index in [0.717, 1.165) is 11.3 Å². The first-order valence-corrected chi connectivity index (χ1v) is 8.02. The molecule has 2 aromatic rings. The second-order valence-corrected chi connectivity index (χ2v) is 6.03. The summed E-state index contributed by atoms with van der Waals surface area (Å²) in [5, 5.41) is 11.2. The lowest BCUT2D eigenvalue weighted by Gasteiger charge is -2.14. The number of hydrogen-bond acceptors (Lipinski definition) is 7. The molecule has 23 heavy (non-hydrogen) atoms. The van der Waals surface area contributed by atoms with E-state index in [0.29, 0.717) is 16.7 Å². The fourth-order valence-electron chi connectivity index (χ4n) is 2.13. The number of fused-ring (bicyclic) bond motifs is 1. The van der Waals surface area contributed by atoms with Crippen molar-refractivity contribution in [2.75, 3.05) is 18.4 Å². The summed E-state index contributed by atoms with van der Waals surface area (Å²) >= 11 is 1.24. The topological polar surface area (TPSA) is 104 Å². The second-order valence-electron chi connectivity index (χ2n) is 5.09. The zero-order chi connectivity index (χ0) is 16.4. The van der Waals surface area contributed by atoms with Gasteiger partial charge in [-0.1, -0.05) is 17.8 Å². The largest absolute Gasteiger partial charge is 0.454 e. The number of aryl methyl sites for hydroxylation is 1. The predicted octanol–water partition coefficient (Wildman–Crippen LogP) is 0.999. The minimum absolute atomic E-state index is 0.110. The molecule has 3 rings (SSSR count). The Kier molecular flexibility index (Phi) is 4.28. The van der Waals surface area contributed by atoms with E-state index in [4.69, 9.17) is 15.3 Å². The third kappa shape index (κ3) is 3.34. The number of carbonyl (C=O) groups excluding carboxylic acids is 1. The van der Waals surface area contributed by atoms with E-state index in [1.807, 2.05) is 25.1 Å². The van der Waals surface area contributed by atoms with Gasteiger partial charge < -0.3 is 20.6 Å². The molecule has 0 fully saturated rings. The van der Waals surface area contributed by atoms with Crippen LogP contribution in [0.25, 0.3) is 0 Å². The predicted molar refractivity (Wildman–Crippen MR) is 84.8 cm³/mol. The Morgan fingerprint density at radius 3 is 2.96 bits per heavy atom. The first-order chi connectivity index (χ1) is 11.0. The number of nitrogens with zero attached hydrogens (tertiary/aromatic N) is 3. The van der Waals surface area contributed by atoms with E-state index in [9.17, 15) is 4.79 Å². The molecule has 1 aliphatic rings. The van der Waals surface area contributed by atoms with E-state index in [1.165, 1.54) is 16.4 Å². The lowest BCUT2D eigenvalue weighted by atomic mass is 10.1. The summed E-state index contributed by atoms with van der Waals surface area (Å²) in [5.41, 5.74) is 0.949. The number of thioether (sulfide) groups is 1. The van der Waals surface area contributed by atoms with E-state index >= 15 is 0 Å². The van der Waals surface area contributed by atoms with E-state index in [2.05, 4.69) is 15.5 Å². The van der Waals surface area contributed by atoms with Crippen LogP contribution in [-0.2, 0) is 4.79 Å². The molecule has 8 nitrogen and oxygen atoms in total. The van der Waals surface area contributed by atoms with Gasteiger partial charge in [-0.15, -0.1) is 10.2 Å². The maximum absolute atomic E-state index is 12.1. The molecule has 122 valence electrons. The Hall–Kier alpha value is -2.42. The molecule has 0 radical (unpaired) electrons. The number of nitrogens with one attached hydrogen (secondary N) is 1. The number of nitrogen functional groups attached to an aromatic ring is 1. The summed E-state index contributed by atoms with van der Waals surface area (Å²) in [5.74, 6) is 7.87. The van der Waals surface area contributed by atoms with Gasteiger partial charge in [-0.05, 0) is 31.5 Å². The van der Waals surface area contributed by atoms with E-state index in [1.54, 1.807) is 6.92 Å². The van der Waals surface area contributed by atoms with Crippen LogP contribution in [0.3, 0.4) is 0 Å². The van der Waals surface area contributed by atoms with Gasteiger partial charge in [0.15, 0.2) is 11.5 Å². The van der Waals surface area contributed by atoms with Crippen LogP contribution in [0.1, 0.15) is 24.4 Å². The highest BCUT2D eigenvalue weighted by atomic mass is 32.2. The van der Waals surface area contributed by atoms with Gasteiger partial charge >= 0.3 is 0 Å². The van der Waals surface area contributed by atoms with Gasteiger partial charge in [-0.2, -0.15) is 0 Å². The quantitative estimate of drug-likeness (QED) is 0.620. The van der Waals surface area contributed by atoms with Crippen molar-refractivity contribution in [1.29, 1.82) is 0 Å². The fraction of sp³-hybridized carbons (Fsp3) is 0.357. The molecule has 0 unspecified atom stereocenters. The van der Waals surface area contributed by atoms with Gasteiger partial charge in [-0.3, -0.25) is 4.79 Å². The van der Waals surface area contributed by atoms with Crippen LogP contribution in [-0.4, -0.2) is 33.3 Å². The van der Waals surface area contributed by atoms with Crippen LogP contribution < -0.4 is 20.6 Å². The van der Waals surface area contributed by atoms with Crippen molar-refractivity contribution in [3.05, 3.63) is 29.6 Å². The molecule has 1 amide bonds. The van der Waals surface area contributed by atoms with Gasteiger partial charge in [0.1, 0.15) is 5.82 Å². The smallest absolute Gasteiger partial charge is 0.231 e. The molecule has 0 aliphatic carbocycles. The van der Waals surface area contributed by atoms with Crippen molar-refractivity contribution in [2.45, 2.75) is 25.0 Å². The Labute approximate surface area is 137 Å². The molecule has 1 aliphatic heterocycles. The number of amides is 1. The third-order valence-electron chi connectivity index (χ3n) is 3.44. The molecule has 1 aromatic heterocycles. The number of ether oxygens (including phenoxy) is 2. The van der Waals surface area contributed by atoms with Gasteiger partial charge in [0.05, 0.1) is 11.8 Å². The summed E-state index contributed by atoms with van der Waals surface area (Å²) in [6.07, 6.45) is 0. The molecule has 0 saturated heterocycles. The summed E-state index contributed by atoms with van der Waals surface area (Å²) in [7, 11) is 0. The summed E-state index contributed by atoms with van der Waals surface area (Å²) in [6, 6.07) is 5.48. The van der Waals surface area contributed by atoms with Crippen molar-refractivity contribution in [3.63, 3.8) is 0 Å². The average molecular weight is 335 g/mol. The molecule has 0 saturated carbocycles. The van der Waals surface area contributed by atoms with Crippen LogP contribution >= 0.6 is 11.8 Å². The summed E-state index contributed by atoms with van der Waals surface area (Å²) < 4.78 is 12.0. The highest BCUT2D eigenvalue weighted by Crippen LogP contribution is 2.34. The lowest BCUT2D eigenvalue weighted by molar-refractivity contribution is -0.119. The molecule has 2 heterocycles. The van der Waals surface area contributed by atoms with Gasteiger partial charge in [0, 0.05) is 0 Å². The molecule has 1 aromatic carbocycles. The molecule has 3 N–H and O–H groups in total. The van der Waals surface area contributed by atoms with E-state index < -0.39 is 0 Å². The van der Waals surface area contributed by atoms with Gasteiger partial charge in [0.25, 0.3) is 0 Å². The Morgan fingerprint density at radius 2 is 2.22 bits per heavy atom. The van der Waals surface area contributed by atoms with Crippen molar-refractivity contribution in [1.82, 2.24) is 20.2 Å². The van der Waals surface area contributed by atoms with Gasteiger partial charge in [0.2, 0.25) is 17.9 Å². The van der Waals surface area contributed by atoms with Crippen molar-refractivity contribution < 1.29 is 14.3 Å². The molecule has 1 atom stereocenters. The van der Waals surface area contributed by atoms with Crippen molar-refractivity contribution >= 4 is 17.7 Å². The van der Waals surface area contributed by atoms with Crippen LogP contribution in [0.5, 0.6) is 11.5 Å². The standard InChI is InChI=1S/C14H17N5O3S/c1-8(10-3-4-11-12(5-10)22-7-21-11)16-13(20)6-23-14-18-17-9(2)19(14)15/h3-5,8H,6-7,15H2,1-2H3,(H,16,20)/t8-/m1/s1. The zero-order valence-electron chi connectivity index (χ0n) is 12.8. The second kappa shape index (κ2) is 6.37.